The molecule has 2 aromatic rings. The van der Waals surface area contributed by atoms with E-state index in [1.165, 1.54) is 0 Å². The lowest BCUT2D eigenvalue weighted by Gasteiger charge is -2.17. The van der Waals surface area contributed by atoms with E-state index in [1.54, 1.807) is 6.20 Å². The fourth-order valence-corrected chi connectivity index (χ4v) is 2.96. The Kier molecular flexibility index (Phi) is 3.02. The van der Waals surface area contributed by atoms with E-state index in [0.717, 1.165) is 42.5 Å². The zero-order valence-corrected chi connectivity index (χ0v) is 11.9. The Labute approximate surface area is 123 Å². The molecule has 2 fully saturated rings. The van der Waals surface area contributed by atoms with Crippen LogP contribution in [0.3, 0.4) is 0 Å². The van der Waals surface area contributed by atoms with Gasteiger partial charge in [0.2, 0.25) is 5.91 Å². The monoisotopic (exact) mass is 282 g/mol. The SMILES string of the molecule is O=C(C1CC1)N1CC[C@@H](Oc2cccc3cccnc23)C1. The van der Waals surface area contributed by atoms with E-state index >= 15 is 0 Å². The third-order valence-electron chi connectivity index (χ3n) is 4.27. The predicted molar refractivity (Wildman–Crippen MR) is 80.1 cm³/mol. The molecule has 1 amide bonds. The summed E-state index contributed by atoms with van der Waals surface area (Å²) in [7, 11) is 0. The number of hydrogen-bond acceptors (Lipinski definition) is 3. The van der Waals surface area contributed by atoms with Crippen LogP contribution in [0.2, 0.25) is 0 Å². The van der Waals surface area contributed by atoms with Crippen LogP contribution in [0.1, 0.15) is 19.3 Å². The molecule has 2 heterocycles. The number of rotatable bonds is 3. The Bertz CT molecular complexity index is 676. The van der Waals surface area contributed by atoms with Crippen molar-refractivity contribution in [2.45, 2.75) is 25.4 Å². The number of likely N-dealkylation sites (tertiary alicyclic amines) is 1. The van der Waals surface area contributed by atoms with Gasteiger partial charge in [-0.3, -0.25) is 9.78 Å². The first-order chi connectivity index (χ1) is 10.3. The summed E-state index contributed by atoms with van der Waals surface area (Å²) in [4.78, 5) is 18.4. The maximum absolute atomic E-state index is 12.1. The molecule has 0 radical (unpaired) electrons. The average Bonchev–Trinajstić information content (AvgIpc) is 3.27. The van der Waals surface area contributed by atoms with Crippen LogP contribution in [-0.4, -0.2) is 35.0 Å². The molecule has 1 saturated carbocycles. The van der Waals surface area contributed by atoms with Crippen molar-refractivity contribution in [3.05, 3.63) is 36.5 Å². The van der Waals surface area contributed by atoms with Crippen molar-refractivity contribution in [3.63, 3.8) is 0 Å². The van der Waals surface area contributed by atoms with Gasteiger partial charge in [0.25, 0.3) is 0 Å². The molecule has 2 aliphatic rings. The van der Waals surface area contributed by atoms with Crippen molar-refractivity contribution >= 4 is 16.8 Å². The molecule has 0 unspecified atom stereocenters. The molecule has 1 aromatic carbocycles. The quantitative estimate of drug-likeness (QED) is 0.869. The lowest BCUT2D eigenvalue weighted by atomic mass is 10.2. The number of para-hydroxylation sites is 1. The Balaban J connectivity index is 1.49. The molecule has 1 saturated heterocycles. The molecule has 108 valence electrons. The van der Waals surface area contributed by atoms with Gasteiger partial charge in [-0.1, -0.05) is 18.2 Å². The summed E-state index contributed by atoms with van der Waals surface area (Å²) in [6.45, 7) is 1.52. The fraction of sp³-hybridized carbons (Fsp3) is 0.412. The van der Waals surface area contributed by atoms with E-state index in [0.29, 0.717) is 18.4 Å². The Morgan fingerprint density at radius 1 is 1.19 bits per heavy atom. The largest absolute Gasteiger partial charge is 0.486 e. The van der Waals surface area contributed by atoms with E-state index in [1.807, 2.05) is 35.2 Å². The van der Waals surface area contributed by atoms with E-state index in [9.17, 15) is 4.79 Å². The van der Waals surface area contributed by atoms with Gasteiger partial charge in [-0.2, -0.15) is 0 Å². The normalized spacial score (nSPS) is 21.7. The van der Waals surface area contributed by atoms with Gasteiger partial charge in [0.1, 0.15) is 17.4 Å². The first-order valence-electron chi connectivity index (χ1n) is 7.60. The molecule has 4 rings (SSSR count). The fourth-order valence-electron chi connectivity index (χ4n) is 2.96. The number of amides is 1. The Hall–Kier alpha value is -2.10. The molecule has 1 atom stereocenters. The summed E-state index contributed by atoms with van der Waals surface area (Å²) < 4.78 is 6.11. The van der Waals surface area contributed by atoms with Crippen molar-refractivity contribution in [3.8, 4) is 5.75 Å². The van der Waals surface area contributed by atoms with Gasteiger partial charge in [0, 0.05) is 30.5 Å². The third kappa shape index (κ3) is 2.46. The molecule has 0 spiro atoms. The summed E-state index contributed by atoms with van der Waals surface area (Å²) >= 11 is 0. The second-order valence-corrected chi connectivity index (χ2v) is 5.92. The highest BCUT2D eigenvalue weighted by molar-refractivity contribution is 5.84. The minimum atomic E-state index is 0.0836. The standard InChI is InChI=1S/C17H18N2O2/c20-17(13-6-7-13)19-10-8-14(11-19)21-15-5-1-3-12-4-2-9-18-16(12)15/h1-5,9,13-14H,6-8,10-11H2/t14-/m1/s1. The van der Waals surface area contributed by atoms with Gasteiger partial charge in [0.05, 0.1) is 6.54 Å². The second kappa shape index (κ2) is 5.02. The third-order valence-corrected chi connectivity index (χ3v) is 4.27. The zero-order chi connectivity index (χ0) is 14.2. The Morgan fingerprint density at radius 3 is 2.90 bits per heavy atom. The summed E-state index contributed by atoms with van der Waals surface area (Å²) in [6.07, 6.45) is 4.90. The van der Waals surface area contributed by atoms with Crippen LogP contribution in [0.4, 0.5) is 0 Å². The Morgan fingerprint density at radius 2 is 2.05 bits per heavy atom. The predicted octanol–water partition coefficient (Wildman–Crippen LogP) is 2.62. The van der Waals surface area contributed by atoms with Gasteiger partial charge < -0.3 is 9.64 Å². The second-order valence-electron chi connectivity index (χ2n) is 5.92. The highest BCUT2D eigenvalue weighted by Crippen LogP contribution is 2.33. The maximum atomic E-state index is 12.1. The molecule has 4 heteroatoms. The highest BCUT2D eigenvalue weighted by atomic mass is 16.5. The van der Waals surface area contributed by atoms with E-state index in [-0.39, 0.29) is 6.10 Å². The topological polar surface area (TPSA) is 42.4 Å². The smallest absolute Gasteiger partial charge is 0.225 e. The molecule has 0 N–H and O–H groups in total. The van der Waals surface area contributed by atoms with Crippen molar-refractivity contribution in [1.29, 1.82) is 0 Å². The summed E-state index contributed by atoms with van der Waals surface area (Å²) in [5, 5.41) is 1.08. The first-order valence-corrected chi connectivity index (χ1v) is 7.60. The molecule has 1 aliphatic carbocycles. The van der Waals surface area contributed by atoms with Gasteiger partial charge in [-0.15, -0.1) is 0 Å². The molecule has 1 aromatic heterocycles. The van der Waals surface area contributed by atoms with Crippen LogP contribution < -0.4 is 4.74 Å². The number of carbonyl (C=O) groups excluding carboxylic acids is 1. The summed E-state index contributed by atoms with van der Waals surface area (Å²) in [5.41, 5.74) is 0.895. The number of pyridine rings is 1. The number of aromatic nitrogens is 1. The molecular formula is C17H18N2O2. The van der Waals surface area contributed by atoms with Crippen LogP contribution in [0, 0.1) is 5.92 Å². The number of fused-ring (bicyclic) bond motifs is 1. The van der Waals surface area contributed by atoms with E-state index in [2.05, 4.69) is 4.98 Å². The van der Waals surface area contributed by atoms with Crippen LogP contribution in [-0.2, 0) is 4.79 Å². The number of ether oxygens (including phenoxy) is 1. The molecule has 0 bridgehead atoms. The van der Waals surface area contributed by atoms with Crippen LogP contribution in [0.5, 0.6) is 5.75 Å². The molecular weight excluding hydrogens is 264 g/mol. The number of hydrogen-bond donors (Lipinski definition) is 0. The van der Waals surface area contributed by atoms with Crippen LogP contribution in [0.25, 0.3) is 10.9 Å². The van der Waals surface area contributed by atoms with Gasteiger partial charge >= 0.3 is 0 Å². The van der Waals surface area contributed by atoms with Crippen LogP contribution in [0.15, 0.2) is 36.5 Å². The van der Waals surface area contributed by atoms with Gasteiger partial charge in [-0.05, 0) is 25.0 Å². The lowest BCUT2D eigenvalue weighted by molar-refractivity contribution is -0.131. The first kappa shape index (κ1) is 12.6. The van der Waals surface area contributed by atoms with Gasteiger partial charge in [-0.25, -0.2) is 0 Å². The van der Waals surface area contributed by atoms with E-state index in [4.69, 9.17) is 4.74 Å². The van der Waals surface area contributed by atoms with Gasteiger partial charge in [0.15, 0.2) is 0 Å². The average molecular weight is 282 g/mol. The summed E-state index contributed by atoms with van der Waals surface area (Å²) in [5.74, 6) is 1.43. The number of nitrogens with zero attached hydrogens (tertiary/aromatic N) is 2. The molecule has 1 aliphatic heterocycles. The summed E-state index contributed by atoms with van der Waals surface area (Å²) in [6, 6.07) is 9.94. The van der Waals surface area contributed by atoms with Crippen molar-refractivity contribution in [1.82, 2.24) is 9.88 Å². The van der Waals surface area contributed by atoms with Crippen molar-refractivity contribution in [2.75, 3.05) is 13.1 Å². The zero-order valence-electron chi connectivity index (χ0n) is 11.9. The van der Waals surface area contributed by atoms with Crippen LogP contribution >= 0.6 is 0 Å². The van der Waals surface area contributed by atoms with Crippen molar-refractivity contribution < 1.29 is 9.53 Å². The minimum Gasteiger partial charge on any atom is -0.486 e. The number of carbonyl (C=O) groups is 1. The molecule has 21 heavy (non-hydrogen) atoms. The maximum Gasteiger partial charge on any atom is 0.225 e. The number of benzene rings is 1. The minimum absolute atomic E-state index is 0.0836. The molecule has 4 nitrogen and oxygen atoms in total. The van der Waals surface area contributed by atoms with E-state index < -0.39 is 0 Å². The lowest BCUT2D eigenvalue weighted by Crippen LogP contribution is -2.31. The highest BCUT2D eigenvalue weighted by Gasteiger charge is 2.37. The van der Waals surface area contributed by atoms with Crippen molar-refractivity contribution in [2.24, 2.45) is 5.92 Å².